The molecule has 1 amide bonds. The second-order valence-electron chi connectivity index (χ2n) is 4.76. The maximum Gasteiger partial charge on any atom is 0.261 e. The molecule has 0 saturated carbocycles. The summed E-state index contributed by atoms with van der Waals surface area (Å²) in [6.07, 6.45) is 0. The molecule has 0 aliphatic rings. The minimum atomic E-state index is -0.0797. The summed E-state index contributed by atoms with van der Waals surface area (Å²) in [6, 6.07) is 17.4. The van der Waals surface area contributed by atoms with Gasteiger partial charge in [-0.3, -0.25) is 4.79 Å². The van der Waals surface area contributed by atoms with Crippen LogP contribution in [0.5, 0.6) is 0 Å². The third kappa shape index (κ3) is 2.96. The Hall–Kier alpha value is -2.17. The van der Waals surface area contributed by atoms with Gasteiger partial charge in [-0.1, -0.05) is 42.5 Å². The summed E-state index contributed by atoms with van der Waals surface area (Å²) >= 11 is 1.49. The van der Waals surface area contributed by atoms with Gasteiger partial charge in [-0.25, -0.2) is 0 Å². The second-order valence-corrected chi connectivity index (χ2v) is 5.84. The van der Waals surface area contributed by atoms with E-state index in [2.05, 4.69) is 5.32 Å². The molecule has 3 aromatic rings. The maximum absolute atomic E-state index is 12.2. The van der Waals surface area contributed by atoms with Crippen LogP contribution in [0.3, 0.4) is 0 Å². The van der Waals surface area contributed by atoms with Crippen molar-refractivity contribution in [2.75, 3.05) is 0 Å². The number of aliphatic hydroxyl groups excluding tert-OH is 1. The van der Waals surface area contributed by atoms with Gasteiger partial charge in [0.25, 0.3) is 5.91 Å². The first-order valence-electron chi connectivity index (χ1n) is 6.72. The molecular formula is C17H15NO2S. The Morgan fingerprint density at radius 3 is 2.52 bits per heavy atom. The third-order valence-electron chi connectivity index (χ3n) is 3.38. The fourth-order valence-electron chi connectivity index (χ4n) is 2.24. The van der Waals surface area contributed by atoms with Crippen LogP contribution in [0.4, 0.5) is 0 Å². The molecular weight excluding hydrogens is 282 g/mol. The first-order chi connectivity index (χ1) is 10.3. The molecule has 0 aliphatic carbocycles. The molecule has 0 fully saturated rings. The number of hydrogen-bond acceptors (Lipinski definition) is 3. The summed E-state index contributed by atoms with van der Waals surface area (Å²) in [5, 5.41) is 13.3. The molecule has 0 spiro atoms. The molecule has 106 valence electrons. The van der Waals surface area contributed by atoms with E-state index in [0.29, 0.717) is 11.4 Å². The minimum absolute atomic E-state index is 0.0189. The van der Waals surface area contributed by atoms with E-state index >= 15 is 0 Å². The lowest BCUT2D eigenvalue weighted by Gasteiger charge is -2.08. The molecule has 0 saturated heterocycles. The van der Waals surface area contributed by atoms with Crippen molar-refractivity contribution in [3.8, 4) is 0 Å². The average molecular weight is 297 g/mol. The summed E-state index contributed by atoms with van der Waals surface area (Å²) in [7, 11) is 0. The van der Waals surface area contributed by atoms with E-state index in [-0.39, 0.29) is 12.5 Å². The molecule has 0 aliphatic heterocycles. The molecule has 3 nitrogen and oxygen atoms in total. The lowest BCUT2D eigenvalue weighted by atomic mass is 10.1. The molecule has 21 heavy (non-hydrogen) atoms. The van der Waals surface area contributed by atoms with Gasteiger partial charge in [0.1, 0.15) is 0 Å². The monoisotopic (exact) mass is 297 g/mol. The van der Waals surface area contributed by atoms with E-state index < -0.39 is 0 Å². The predicted molar refractivity (Wildman–Crippen MR) is 85.4 cm³/mol. The van der Waals surface area contributed by atoms with Crippen LogP contribution in [-0.2, 0) is 13.2 Å². The summed E-state index contributed by atoms with van der Waals surface area (Å²) in [5.41, 5.74) is 1.78. The van der Waals surface area contributed by atoms with Crippen molar-refractivity contribution in [3.63, 3.8) is 0 Å². The van der Waals surface area contributed by atoms with Crippen molar-refractivity contribution in [1.82, 2.24) is 5.32 Å². The molecule has 0 unspecified atom stereocenters. The maximum atomic E-state index is 12.2. The van der Waals surface area contributed by atoms with Gasteiger partial charge in [-0.2, -0.15) is 0 Å². The Morgan fingerprint density at radius 1 is 1.05 bits per heavy atom. The minimum Gasteiger partial charge on any atom is -0.392 e. The predicted octanol–water partition coefficient (Wildman–Crippen LogP) is 3.32. The molecule has 1 aromatic heterocycles. The van der Waals surface area contributed by atoms with Crippen LogP contribution in [0.2, 0.25) is 0 Å². The zero-order chi connectivity index (χ0) is 14.7. The zero-order valence-corrected chi connectivity index (χ0v) is 12.2. The summed E-state index contributed by atoms with van der Waals surface area (Å²) in [6.45, 7) is 0.402. The van der Waals surface area contributed by atoms with Gasteiger partial charge in [0.2, 0.25) is 0 Å². The lowest BCUT2D eigenvalue weighted by Crippen LogP contribution is -2.22. The van der Waals surface area contributed by atoms with Crippen molar-refractivity contribution in [2.24, 2.45) is 0 Å². The lowest BCUT2D eigenvalue weighted by molar-refractivity contribution is 0.0954. The summed E-state index contributed by atoms with van der Waals surface area (Å²) in [5.74, 6) is -0.0797. The number of benzene rings is 2. The molecule has 0 radical (unpaired) electrons. The fourth-order valence-corrected chi connectivity index (χ4v) is 3.22. The SMILES string of the molecule is O=C(NCc1ccccc1CO)c1cc2ccccc2s1. The number of carbonyl (C=O) groups excluding carboxylic acids is 1. The molecule has 2 aromatic carbocycles. The van der Waals surface area contributed by atoms with Crippen LogP contribution in [0.15, 0.2) is 54.6 Å². The van der Waals surface area contributed by atoms with Crippen molar-refractivity contribution in [3.05, 3.63) is 70.6 Å². The Kier molecular flexibility index (Phi) is 3.99. The van der Waals surface area contributed by atoms with Crippen molar-refractivity contribution in [1.29, 1.82) is 0 Å². The Bertz CT molecular complexity index is 746. The first kappa shape index (κ1) is 13.8. The van der Waals surface area contributed by atoms with Crippen molar-refractivity contribution >= 4 is 27.3 Å². The van der Waals surface area contributed by atoms with E-state index in [9.17, 15) is 9.90 Å². The van der Waals surface area contributed by atoms with Crippen LogP contribution < -0.4 is 5.32 Å². The highest BCUT2D eigenvalue weighted by Gasteiger charge is 2.10. The van der Waals surface area contributed by atoms with E-state index in [1.54, 1.807) is 0 Å². The summed E-state index contributed by atoms with van der Waals surface area (Å²) < 4.78 is 1.11. The van der Waals surface area contributed by atoms with Crippen LogP contribution in [0, 0.1) is 0 Å². The Balaban J connectivity index is 1.74. The van der Waals surface area contributed by atoms with Crippen molar-refractivity contribution < 1.29 is 9.90 Å². The second kappa shape index (κ2) is 6.08. The van der Waals surface area contributed by atoms with E-state index in [4.69, 9.17) is 0 Å². The molecule has 2 N–H and O–H groups in total. The topological polar surface area (TPSA) is 49.3 Å². The molecule has 0 atom stereocenters. The quantitative estimate of drug-likeness (QED) is 0.776. The normalized spacial score (nSPS) is 10.7. The van der Waals surface area contributed by atoms with Crippen LogP contribution in [-0.4, -0.2) is 11.0 Å². The highest BCUT2D eigenvalue weighted by molar-refractivity contribution is 7.20. The van der Waals surface area contributed by atoms with Gasteiger partial charge in [0, 0.05) is 11.2 Å². The molecule has 1 heterocycles. The largest absolute Gasteiger partial charge is 0.392 e. The number of hydrogen-bond donors (Lipinski definition) is 2. The number of thiophene rings is 1. The smallest absolute Gasteiger partial charge is 0.261 e. The highest BCUT2D eigenvalue weighted by atomic mass is 32.1. The van der Waals surface area contributed by atoms with Gasteiger partial charge in [0.05, 0.1) is 11.5 Å². The van der Waals surface area contributed by atoms with Crippen LogP contribution >= 0.6 is 11.3 Å². The van der Waals surface area contributed by atoms with Crippen LogP contribution in [0.25, 0.3) is 10.1 Å². The summed E-state index contributed by atoms with van der Waals surface area (Å²) in [4.78, 5) is 12.9. The third-order valence-corrected chi connectivity index (χ3v) is 4.49. The van der Waals surface area contributed by atoms with Gasteiger partial charge in [-0.15, -0.1) is 11.3 Å². The fraction of sp³-hybridized carbons (Fsp3) is 0.118. The number of rotatable bonds is 4. The number of carbonyl (C=O) groups is 1. The van der Waals surface area contributed by atoms with Gasteiger partial charge in [-0.05, 0) is 28.6 Å². The first-order valence-corrected chi connectivity index (χ1v) is 7.54. The van der Waals surface area contributed by atoms with Crippen molar-refractivity contribution in [2.45, 2.75) is 13.2 Å². The number of aliphatic hydroxyl groups is 1. The van der Waals surface area contributed by atoms with Crippen LogP contribution in [0.1, 0.15) is 20.8 Å². The van der Waals surface area contributed by atoms with Gasteiger partial charge in [0.15, 0.2) is 0 Å². The molecule has 3 rings (SSSR count). The molecule has 0 bridgehead atoms. The van der Waals surface area contributed by atoms with Gasteiger partial charge >= 0.3 is 0 Å². The number of fused-ring (bicyclic) bond motifs is 1. The van der Waals surface area contributed by atoms with E-state index in [1.807, 2.05) is 54.6 Å². The standard InChI is InChI=1S/C17H15NO2S/c19-11-14-7-2-1-6-13(14)10-18-17(20)16-9-12-5-3-4-8-15(12)21-16/h1-9,19H,10-11H2,(H,18,20). The Morgan fingerprint density at radius 2 is 1.76 bits per heavy atom. The molecule has 4 heteroatoms. The zero-order valence-electron chi connectivity index (χ0n) is 11.4. The van der Waals surface area contributed by atoms with Gasteiger partial charge < -0.3 is 10.4 Å². The Labute approximate surface area is 126 Å². The van der Waals surface area contributed by atoms with E-state index in [1.165, 1.54) is 11.3 Å². The number of amides is 1. The highest BCUT2D eigenvalue weighted by Crippen LogP contribution is 2.25. The average Bonchev–Trinajstić information content (AvgIpc) is 2.97. The number of nitrogens with one attached hydrogen (secondary N) is 1. The van der Waals surface area contributed by atoms with E-state index in [0.717, 1.165) is 21.2 Å².